The molecular weight excluding hydrogens is 785 g/mol. The third-order valence-corrected chi connectivity index (χ3v) is 22.5. The zero-order valence-electron chi connectivity index (χ0n) is 40.1. The van der Waals surface area contributed by atoms with Crippen LogP contribution in [0.4, 0.5) is 0 Å². The zero-order valence-corrected chi connectivity index (χ0v) is 40.1. The van der Waals surface area contributed by atoms with Gasteiger partial charge in [0.1, 0.15) is 11.6 Å². The molecule has 1 heterocycles. The molecule has 10 aliphatic rings. The van der Waals surface area contributed by atoms with Crippen molar-refractivity contribution < 1.29 is 33.8 Å². The Hall–Kier alpha value is -3.58. The van der Waals surface area contributed by atoms with Crippen molar-refractivity contribution in [3.8, 4) is 11.5 Å². The van der Waals surface area contributed by atoms with Gasteiger partial charge in [-0.15, -0.1) is 0 Å². The lowest BCUT2D eigenvalue weighted by atomic mass is 9.35. The molecule has 9 aliphatic carbocycles. The standard InChI is InChI=1S/C56H70O7/c1-30-23-41-47(4,28-37(30)58)15-19-51(8)40-14-13-33-34(49(40,6)17-21-52(41,51)9)26-44(60)56(61)55(33,12)63-46-32(3)45-35(25-39(46)62-56)50(7)18-22-53(10)42-24-31(2)38(59)29-48(42,5)16-20-54(53,11)43(50)27-36(45)57/h13-14,25-27,30-31,41-42,61H,15-24,28-29H2,1-12H3/t30-,31-,41-,42+,47+,48+,49+,50+,51-,52+,53+,54-,55-,56+/m1/s1. The van der Waals surface area contributed by atoms with Crippen LogP contribution in [0.5, 0.6) is 11.5 Å². The molecule has 0 saturated heterocycles. The monoisotopic (exact) mass is 855 g/mol. The zero-order chi connectivity index (χ0) is 45.2. The van der Waals surface area contributed by atoms with Crippen molar-refractivity contribution in [2.75, 3.05) is 0 Å². The lowest BCUT2D eigenvalue weighted by Gasteiger charge is -2.69. The number of carbonyl (C=O) groups excluding carboxylic acids is 4. The number of Topliss-reactive ketones (excluding diaryl/α,β-unsaturated/α-hetero) is 2. The summed E-state index contributed by atoms with van der Waals surface area (Å²) in [5, 5.41) is 12.8. The van der Waals surface area contributed by atoms with Gasteiger partial charge in [0.15, 0.2) is 17.3 Å². The van der Waals surface area contributed by atoms with Crippen molar-refractivity contribution in [3.05, 3.63) is 69.4 Å². The van der Waals surface area contributed by atoms with Gasteiger partial charge >= 0.3 is 5.79 Å². The van der Waals surface area contributed by atoms with Crippen LogP contribution in [0, 0.1) is 68.5 Å². The van der Waals surface area contributed by atoms with E-state index in [0.29, 0.717) is 58.9 Å². The number of ketones is 4. The number of benzene rings is 1. The topological polar surface area (TPSA) is 107 Å². The Balaban J connectivity index is 0.986. The SMILES string of the molecule is Cc1c2c(cc3c1C(=O)C=C1[C@@]3(C)CC[C@@]3(C)[C@H]4C[C@@H](C)C(=O)C[C@]4(C)CC[C@]13C)O[C@@]1(O)C(=O)C=C3C(=CC=C4[C@@]3(C)CC[C@@]3(C)[C@@H]5C[C@@H](C)C(=O)C[C@]5(C)CC[C@]43C)[C@@]1(C)O2. The van der Waals surface area contributed by atoms with Gasteiger partial charge in [-0.25, -0.2) is 0 Å². The Kier molecular flexibility index (Phi) is 8.05. The maximum atomic E-state index is 14.8. The van der Waals surface area contributed by atoms with Crippen LogP contribution in [0.1, 0.15) is 175 Å². The Labute approximate surface area is 375 Å². The van der Waals surface area contributed by atoms with E-state index in [-0.39, 0.29) is 50.1 Å². The van der Waals surface area contributed by atoms with Gasteiger partial charge in [-0.1, -0.05) is 87.0 Å². The predicted molar refractivity (Wildman–Crippen MR) is 242 cm³/mol. The van der Waals surface area contributed by atoms with Gasteiger partial charge in [0, 0.05) is 52.2 Å². The minimum absolute atomic E-state index is 0.0102. The molecule has 6 saturated carbocycles. The first-order valence-electron chi connectivity index (χ1n) is 24.5. The molecule has 63 heavy (non-hydrogen) atoms. The largest absolute Gasteiger partial charge is 0.471 e. The first kappa shape index (κ1) is 42.1. The third kappa shape index (κ3) is 4.63. The fraction of sp³-hybridized carbons (Fsp3) is 0.679. The van der Waals surface area contributed by atoms with Crippen molar-refractivity contribution in [3.63, 3.8) is 0 Å². The molecule has 0 radical (unpaired) electrons. The van der Waals surface area contributed by atoms with Gasteiger partial charge in [0.05, 0.1) is 0 Å². The van der Waals surface area contributed by atoms with Crippen LogP contribution in [0.3, 0.4) is 0 Å². The second kappa shape index (κ2) is 12.1. The van der Waals surface area contributed by atoms with Gasteiger partial charge in [0.25, 0.3) is 0 Å². The minimum Gasteiger partial charge on any atom is -0.471 e. The fourth-order valence-electron chi connectivity index (χ4n) is 17.9. The van der Waals surface area contributed by atoms with E-state index < -0.39 is 28.0 Å². The first-order valence-corrected chi connectivity index (χ1v) is 24.5. The Morgan fingerprint density at radius 1 is 0.619 bits per heavy atom. The van der Waals surface area contributed by atoms with E-state index in [1.807, 2.05) is 19.1 Å². The molecule has 14 atom stereocenters. The number of fused-ring (bicyclic) bond motifs is 17. The van der Waals surface area contributed by atoms with Crippen molar-refractivity contribution in [1.29, 1.82) is 0 Å². The number of hydrogen-bond acceptors (Lipinski definition) is 7. The summed E-state index contributed by atoms with van der Waals surface area (Å²) in [6.07, 6.45) is 18.5. The lowest BCUT2D eigenvalue weighted by Crippen LogP contribution is -2.70. The molecule has 336 valence electrons. The van der Waals surface area contributed by atoms with Crippen LogP contribution in [0.25, 0.3) is 0 Å². The molecular formula is C56H70O7. The van der Waals surface area contributed by atoms with Gasteiger partial charge in [-0.2, -0.15) is 0 Å². The highest BCUT2D eigenvalue weighted by molar-refractivity contribution is 6.10. The highest BCUT2D eigenvalue weighted by Crippen LogP contribution is 2.77. The number of aliphatic hydroxyl groups is 1. The Morgan fingerprint density at radius 3 is 1.73 bits per heavy atom. The van der Waals surface area contributed by atoms with Crippen molar-refractivity contribution in [2.24, 2.45) is 61.6 Å². The van der Waals surface area contributed by atoms with Crippen LogP contribution in [-0.2, 0) is 19.8 Å². The Morgan fingerprint density at radius 2 is 1.16 bits per heavy atom. The fourth-order valence-corrected chi connectivity index (χ4v) is 17.9. The number of allylic oxidation sites excluding steroid dienone is 5. The van der Waals surface area contributed by atoms with Gasteiger partial charge in [0.2, 0.25) is 11.4 Å². The number of hydrogen-bond donors (Lipinski definition) is 1. The summed E-state index contributed by atoms with van der Waals surface area (Å²) in [5.74, 6) is -0.492. The van der Waals surface area contributed by atoms with Crippen molar-refractivity contribution in [2.45, 2.75) is 177 Å². The molecule has 11 rings (SSSR count). The summed E-state index contributed by atoms with van der Waals surface area (Å²) in [5.41, 5.74) is 3.21. The van der Waals surface area contributed by atoms with Crippen LogP contribution in [-0.4, -0.2) is 39.6 Å². The summed E-state index contributed by atoms with van der Waals surface area (Å²) in [7, 11) is 0. The molecule has 7 nitrogen and oxygen atoms in total. The summed E-state index contributed by atoms with van der Waals surface area (Å²) < 4.78 is 13.8. The quantitative estimate of drug-likeness (QED) is 0.277. The number of carbonyl (C=O) groups is 4. The molecule has 1 aromatic carbocycles. The van der Waals surface area contributed by atoms with Crippen LogP contribution >= 0.6 is 0 Å². The second-order valence-electron chi connectivity index (χ2n) is 25.3. The number of rotatable bonds is 0. The van der Waals surface area contributed by atoms with E-state index in [0.717, 1.165) is 80.9 Å². The smallest absolute Gasteiger partial charge is 0.317 e. The molecule has 0 bridgehead atoms. The van der Waals surface area contributed by atoms with E-state index in [4.69, 9.17) is 9.47 Å². The number of ether oxygens (including phenoxy) is 2. The molecule has 1 aliphatic heterocycles. The summed E-state index contributed by atoms with van der Waals surface area (Å²) >= 11 is 0. The molecule has 7 heteroatoms. The van der Waals surface area contributed by atoms with Gasteiger partial charge in [-0.05, 0) is 157 Å². The summed E-state index contributed by atoms with van der Waals surface area (Å²) in [6.45, 7) is 26.9. The first-order chi connectivity index (χ1) is 29.2. The molecule has 1 N–H and O–H groups in total. The van der Waals surface area contributed by atoms with Crippen molar-refractivity contribution >= 4 is 23.1 Å². The van der Waals surface area contributed by atoms with Gasteiger partial charge < -0.3 is 14.6 Å². The molecule has 0 amide bonds. The second-order valence-corrected chi connectivity index (χ2v) is 25.3. The van der Waals surface area contributed by atoms with E-state index in [2.05, 4.69) is 81.4 Å². The third-order valence-electron chi connectivity index (χ3n) is 22.5. The van der Waals surface area contributed by atoms with E-state index >= 15 is 0 Å². The summed E-state index contributed by atoms with van der Waals surface area (Å²) in [6, 6.07) is 1.92. The summed E-state index contributed by atoms with van der Waals surface area (Å²) in [4.78, 5) is 55.8. The van der Waals surface area contributed by atoms with E-state index in [1.165, 1.54) is 11.1 Å². The van der Waals surface area contributed by atoms with Crippen LogP contribution in [0.2, 0.25) is 0 Å². The van der Waals surface area contributed by atoms with E-state index in [1.54, 1.807) is 13.0 Å². The minimum atomic E-state index is -2.33. The maximum absolute atomic E-state index is 14.8. The average molecular weight is 855 g/mol. The van der Waals surface area contributed by atoms with E-state index in [9.17, 15) is 24.3 Å². The van der Waals surface area contributed by atoms with Gasteiger partial charge in [-0.3, -0.25) is 19.2 Å². The highest BCUT2D eigenvalue weighted by atomic mass is 16.7. The van der Waals surface area contributed by atoms with Crippen LogP contribution in [0.15, 0.2) is 52.7 Å². The molecule has 0 aromatic heterocycles. The highest BCUT2D eigenvalue weighted by Gasteiger charge is 2.72. The maximum Gasteiger partial charge on any atom is 0.317 e. The van der Waals surface area contributed by atoms with Crippen molar-refractivity contribution in [1.82, 2.24) is 0 Å². The molecule has 0 unspecified atom stereocenters. The molecule has 6 fully saturated rings. The average Bonchev–Trinajstić information content (AvgIpc) is 3.21. The lowest BCUT2D eigenvalue weighted by molar-refractivity contribution is -0.231. The molecule has 0 spiro atoms. The predicted octanol–water partition coefficient (Wildman–Crippen LogP) is 11.4. The molecule has 1 aromatic rings. The Bertz CT molecular complexity index is 2540. The normalized spacial score (nSPS) is 50.3. The van der Waals surface area contributed by atoms with Crippen LogP contribution < -0.4 is 9.47 Å².